The van der Waals surface area contributed by atoms with Gasteiger partial charge in [0, 0.05) is 16.5 Å². The number of hydrogen-bond donors (Lipinski definition) is 1. The highest BCUT2D eigenvalue weighted by Crippen LogP contribution is 2.33. The second kappa shape index (κ2) is 7.25. The topological polar surface area (TPSA) is 81.5 Å². The zero-order valence-electron chi connectivity index (χ0n) is 13.0. The number of carbonyl (C=O) groups excluding carboxylic acids is 1. The molecule has 6 nitrogen and oxygen atoms in total. The molecule has 0 aliphatic heterocycles. The van der Waals surface area contributed by atoms with Gasteiger partial charge in [0.1, 0.15) is 15.9 Å². The highest BCUT2D eigenvalue weighted by molar-refractivity contribution is 9.10. The molecule has 128 valence electrons. The van der Waals surface area contributed by atoms with Crippen molar-refractivity contribution in [1.29, 1.82) is 0 Å². The molecule has 0 saturated heterocycles. The van der Waals surface area contributed by atoms with Crippen molar-refractivity contribution in [2.45, 2.75) is 6.92 Å². The minimum atomic E-state index is -0.705. The van der Waals surface area contributed by atoms with Gasteiger partial charge in [-0.05, 0) is 53.2 Å². The van der Waals surface area contributed by atoms with Crippen molar-refractivity contribution >= 4 is 44.4 Å². The summed E-state index contributed by atoms with van der Waals surface area (Å²) in [6.45, 7) is 1.86. The van der Waals surface area contributed by atoms with Gasteiger partial charge in [-0.3, -0.25) is 0 Å². The molecule has 0 radical (unpaired) electrons. The first-order valence-electron chi connectivity index (χ1n) is 7.29. The third-order valence-corrected chi connectivity index (χ3v) is 4.06. The molecule has 2 heterocycles. The molecular weight excluding hydrogens is 412 g/mol. The van der Waals surface area contributed by atoms with Crippen LogP contribution in [0.1, 0.15) is 17.4 Å². The van der Waals surface area contributed by atoms with Crippen molar-refractivity contribution in [2.24, 2.45) is 0 Å². The number of aromatic nitrogens is 2. The molecule has 0 aliphatic rings. The number of halogens is 2. The van der Waals surface area contributed by atoms with Gasteiger partial charge in [-0.25, -0.2) is 14.8 Å². The Hall–Kier alpha value is -2.38. The third kappa shape index (κ3) is 3.67. The summed E-state index contributed by atoms with van der Waals surface area (Å²) in [5.74, 6) is -0.125. The van der Waals surface area contributed by atoms with Crippen molar-refractivity contribution in [1.82, 2.24) is 9.97 Å². The Balaban J connectivity index is 2.00. The lowest BCUT2D eigenvalue weighted by Crippen LogP contribution is -2.08. The van der Waals surface area contributed by atoms with Gasteiger partial charge in [-0.2, -0.15) is 0 Å². The maximum atomic E-state index is 11.9. The van der Waals surface area contributed by atoms with E-state index < -0.39 is 5.97 Å². The van der Waals surface area contributed by atoms with Crippen LogP contribution < -0.4 is 4.74 Å². The van der Waals surface area contributed by atoms with Crippen LogP contribution in [0.2, 0.25) is 5.02 Å². The van der Waals surface area contributed by atoms with E-state index in [4.69, 9.17) is 21.1 Å². The number of benzene rings is 1. The average Bonchev–Trinajstić information content (AvgIpc) is 2.60. The molecule has 0 aliphatic carbocycles. The Bertz CT molecular complexity index is 948. The maximum Gasteiger partial charge on any atom is 0.360 e. The number of carbonyl (C=O) groups is 1. The van der Waals surface area contributed by atoms with Crippen molar-refractivity contribution in [3.8, 4) is 17.4 Å². The number of esters is 1. The first kappa shape index (κ1) is 17.4. The summed E-state index contributed by atoms with van der Waals surface area (Å²) in [4.78, 5) is 20.2. The van der Waals surface area contributed by atoms with Gasteiger partial charge < -0.3 is 14.6 Å². The van der Waals surface area contributed by atoms with Crippen molar-refractivity contribution in [3.63, 3.8) is 0 Å². The van der Waals surface area contributed by atoms with E-state index in [9.17, 15) is 9.90 Å². The van der Waals surface area contributed by atoms with Gasteiger partial charge in [0.05, 0.1) is 6.61 Å². The second-order valence-corrected chi connectivity index (χ2v) is 6.11. The van der Waals surface area contributed by atoms with Gasteiger partial charge in [0.15, 0.2) is 11.4 Å². The quantitative estimate of drug-likeness (QED) is 0.483. The van der Waals surface area contributed by atoms with Crippen LogP contribution >= 0.6 is 27.5 Å². The number of nitrogens with zero attached hydrogens (tertiary/aromatic N) is 2. The van der Waals surface area contributed by atoms with E-state index in [0.717, 1.165) is 0 Å². The number of aromatic hydroxyl groups is 1. The van der Waals surface area contributed by atoms with Crippen molar-refractivity contribution in [3.05, 3.63) is 51.7 Å². The molecule has 0 atom stereocenters. The van der Waals surface area contributed by atoms with E-state index in [2.05, 4.69) is 25.9 Å². The monoisotopic (exact) mass is 422 g/mol. The van der Waals surface area contributed by atoms with Gasteiger partial charge in [-0.15, -0.1) is 0 Å². The number of hydrogen-bond acceptors (Lipinski definition) is 6. The van der Waals surface area contributed by atoms with Crippen molar-refractivity contribution < 1.29 is 19.4 Å². The molecule has 0 amide bonds. The van der Waals surface area contributed by atoms with Crippen LogP contribution in [0.5, 0.6) is 17.4 Å². The van der Waals surface area contributed by atoms with Gasteiger partial charge in [-0.1, -0.05) is 11.6 Å². The Morgan fingerprint density at radius 3 is 2.60 bits per heavy atom. The van der Waals surface area contributed by atoms with Crippen LogP contribution in [0, 0.1) is 0 Å². The first-order chi connectivity index (χ1) is 12.0. The standard InChI is InChI=1S/C17H12BrClN2O4/c1-2-24-17(23)14-15(22)11-7-8-12(20-13(11)16(18)21-14)25-10-5-3-9(19)4-6-10/h3-8,22H,2H2,1H3. The summed E-state index contributed by atoms with van der Waals surface area (Å²) in [5, 5.41) is 11.3. The molecule has 1 aromatic carbocycles. The highest BCUT2D eigenvalue weighted by atomic mass is 79.9. The molecule has 25 heavy (non-hydrogen) atoms. The smallest absolute Gasteiger partial charge is 0.360 e. The van der Waals surface area contributed by atoms with E-state index in [1.807, 2.05) is 0 Å². The lowest BCUT2D eigenvalue weighted by molar-refractivity contribution is 0.0516. The van der Waals surface area contributed by atoms with Gasteiger partial charge >= 0.3 is 5.97 Å². The lowest BCUT2D eigenvalue weighted by Gasteiger charge is -2.10. The zero-order chi connectivity index (χ0) is 18.0. The maximum absolute atomic E-state index is 11.9. The third-order valence-electron chi connectivity index (χ3n) is 3.26. The van der Waals surface area contributed by atoms with Crippen LogP contribution in [0.15, 0.2) is 41.0 Å². The molecule has 3 rings (SSSR count). The van der Waals surface area contributed by atoms with Crippen molar-refractivity contribution in [2.75, 3.05) is 6.61 Å². The molecule has 0 saturated carbocycles. The second-order valence-electron chi connectivity index (χ2n) is 4.92. The number of ether oxygens (including phenoxy) is 2. The number of pyridine rings is 2. The highest BCUT2D eigenvalue weighted by Gasteiger charge is 2.20. The van der Waals surface area contributed by atoms with Crippen LogP contribution in [-0.4, -0.2) is 27.7 Å². The van der Waals surface area contributed by atoms with Crippen LogP contribution in [0.4, 0.5) is 0 Å². The summed E-state index contributed by atoms with van der Waals surface area (Å²) in [7, 11) is 0. The molecule has 0 unspecified atom stereocenters. The largest absolute Gasteiger partial charge is 0.505 e. The molecule has 2 aromatic heterocycles. The van der Waals surface area contributed by atoms with Crippen LogP contribution in [0.3, 0.4) is 0 Å². The van der Waals surface area contributed by atoms with Gasteiger partial charge in [0.25, 0.3) is 0 Å². The molecule has 1 N–H and O–H groups in total. The summed E-state index contributed by atoms with van der Waals surface area (Å²) < 4.78 is 10.8. The van der Waals surface area contributed by atoms with E-state index in [0.29, 0.717) is 32.2 Å². The van der Waals surface area contributed by atoms with E-state index >= 15 is 0 Å². The predicted octanol–water partition coefficient (Wildman–Crippen LogP) is 4.72. The first-order valence-corrected chi connectivity index (χ1v) is 8.46. The summed E-state index contributed by atoms with van der Waals surface area (Å²) in [6, 6.07) is 10.0. The Kier molecular flexibility index (Phi) is 5.06. The predicted molar refractivity (Wildman–Crippen MR) is 96.4 cm³/mol. The fourth-order valence-corrected chi connectivity index (χ4v) is 2.75. The number of rotatable bonds is 4. The van der Waals surface area contributed by atoms with E-state index in [1.54, 1.807) is 43.3 Å². The van der Waals surface area contributed by atoms with Crippen LogP contribution in [-0.2, 0) is 4.74 Å². The summed E-state index contributed by atoms with van der Waals surface area (Å²) in [5.41, 5.74) is 0.186. The van der Waals surface area contributed by atoms with E-state index in [-0.39, 0.29) is 18.1 Å². The Morgan fingerprint density at radius 1 is 1.20 bits per heavy atom. The zero-order valence-corrected chi connectivity index (χ0v) is 15.3. The van der Waals surface area contributed by atoms with Gasteiger partial charge in [0.2, 0.25) is 5.88 Å². The average molecular weight is 424 g/mol. The Labute approximate surface area is 156 Å². The number of fused-ring (bicyclic) bond motifs is 1. The minimum Gasteiger partial charge on any atom is -0.505 e. The Morgan fingerprint density at radius 2 is 1.92 bits per heavy atom. The minimum absolute atomic E-state index is 0.172. The molecule has 0 bridgehead atoms. The van der Waals surface area contributed by atoms with E-state index in [1.165, 1.54) is 0 Å². The molecule has 0 spiro atoms. The van der Waals surface area contributed by atoms with Crippen LogP contribution in [0.25, 0.3) is 10.9 Å². The molecule has 3 aromatic rings. The lowest BCUT2D eigenvalue weighted by atomic mass is 10.2. The fourth-order valence-electron chi connectivity index (χ4n) is 2.14. The summed E-state index contributed by atoms with van der Waals surface area (Å²) >= 11 is 9.11. The SMILES string of the molecule is CCOC(=O)c1nc(Br)c2nc(Oc3ccc(Cl)cc3)ccc2c1O. The normalized spacial score (nSPS) is 10.7. The molecule has 8 heteroatoms. The summed E-state index contributed by atoms with van der Waals surface area (Å²) in [6.07, 6.45) is 0. The molecular formula is C17H12BrClN2O4. The molecule has 0 fully saturated rings. The fraction of sp³-hybridized carbons (Fsp3) is 0.118.